The summed E-state index contributed by atoms with van der Waals surface area (Å²) in [6, 6.07) is 7.49. The molecule has 4 aliphatic rings. The van der Waals surface area contributed by atoms with E-state index in [9.17, 15) is 27.9 Å². The highest BCUT2D eigenvalue weighted by Gasteiger charge is 2.68. The zero-order valence-corrected chi connectivity index (χ0v) is 30.6. The standard InChI is InChI=1S/C37H53NO8S2/c1-7-35(5)21-30(36(6)23(3)16-18-37(24(4)33(35)41)19-17-28(39)32(36)37)46-31(40)22-47-29-15-14-25(34(42)45-8-2)20-27(29)38-48(43,44)26-12-10-9-11-13-26/h7,9-13,23-25,27,29-30,32-33,38,41H,1,8,14-22H2,2-6H3/t23-,24+,25+,27-,29-,30-,32+,33+,35-,36+,37+/m1/s1. The van der Waals surface area contributed by atoms with Crippen molar-refractivity contribution in [3.05, 3.63) is 43.0 Å². The molecule has 1 aromatic rings. The van der Waals surface area contributed by atoms with Crippen LogP contribution in [0.15, 0.2) is 47.9 Å². The third-order valence-corrected chi connectivity index (χ3v) is 15.7. The number of aliphatic hydroxyl groups excluding tert-OH is 1. The molecule has 0 radical (unpaired) electrons. The number of nitrogens with one attached hydrogen (secondary N) is 1. The van der Waals surface area contributed by atoms with Crippen molar-refractivity contribution in [3.63, 3.8) is 0 Å². The van der Waals surface area contributed by atoms with E-state index in [-0.39, 0.29) is 63.8 Å². The molecule has 9 nitrogen and oxygen atoms in total. The minimum absolute atomic E-state index is 0.0211. The van der Waals surface area contributed by atoms with Gasteiger partial charge in [0.05, 0.1) is 29.3 Å². The van der Waals surface area contributed by atoms with Gasteiger partial charge in [0.15, 0.2) is 0 Å². The minimum atomic E-state index is -3.88. The number of esters is 2. The van der Waals surface area contributed by atoms with Gasteiger partial charge < -0.3 is 14.6 Å². The normalized spacial score (nSPS) is 39.8. The van der Waals surface area contributed by atoms with Crippen molar-refractivity contribution in [3.8, 4) is 0 Å². The zero-order chi connectivity index (χ0) is 35.1. The number of ether oxygens (including phenoxy) is 2. The molecule has 48 heavy (non-hydrogen) atoms. The summed E-state index contributed by atoms with van der Waals surface area (Å²) in [5.74, 6) is -1.36. The van der Waals surface area contributed by atoms with Crippen LogP contribution in [0.4, 0.5) is 0 Å². The number of hydrogen-bond donors (Lipinski definition) is 2. The topological polar surface area (TPSA) is 136 Å². The van der Waals surface area contributed by atoms with Gasteiger partial charge in [-0.2, -0.15) is 0 Å². The summed E-state index contributed by atoms with van der Waals surface area (Å²) in [7, 11) is -3.88. The van der Waals surface area contributed by atoms with Crippen LogP contribution >= 0.6 is 11.8 Å². The molecule has 0 heterocycles. The second-order valence-corrected chi connectivity index (χ2v) is 18.2. The van der Waals surface area contributed by atoms with Crippen molar-refractivity contribution in [1.82, 2.24) is 4.72 Å². The molecule has 0 amide bonds. The summed E-state index contributed by atoms with van der Waals surface area (Å²) in [4.78, 5) is 40.3. The maximum absolute atomic E-state index is 13.8. The Hall–Kier alpha value is -2.21. The van der Waals surface area contributed by atoms with Crippen LogP contribution in [0.25, 0.3) is 0 Å². The number of carbonyl (C=O) groups is 3. The summed E-state index contributed by atoms with van der Waals surface area (Å²) in [6.07, 6.45) is 5.01. The molecule has 4 aliphatic carbocycles. The van der Waals surface area contributed by atoms with E-state index in [0.29, 0.717) is 25.7 Å². The van der Waals surface area contributed by atoms with Gasteiger partial charge in [-0.3, -0.25) is 14.4 Å². The van der Waals surface area contributed by atoms with Gasteiger partial charge in [-0.05, 0) is 81.3 Å². The van der Waals surface area contributed by atoms with Gasteiger partial charge in [0, 0.05) is 34.5 Å². The number of carbonyl (C=O) groups excluding carboxylic acids is 3. The smallest absolute Gasteiger partial charge is 0.316 e. The van der Waals surface area contributed by atoms with Crippen LogP contribution in [-0.2, 0) is 33.9 Å². The molecule has 2 bridgehead atoms. The minimum Gasteiger partial charge on any atom is -0.466 e. The van der Waals surface area contributed by atoms with Crippen LogP contribution in [0.1, 0.15) is 86.0 Å². The molecule has 4 saturated carbocycles. The van der Waals surface area contributed by atoms with E-state index in [1.807, 2.05) is 6.92 Å². The van der Waals surface area contributed by atoms with Crippen molar-refractivity contribution in [2.24, 2.45) is 39.9 Å². The lowest BCUT2D eigenvalue weighted by molar-refractivity contribution is -0.205. The first-order chi connectivity index (χ1) is 22.6. The van der Waals surface area contributed by atoms with E-state index in [4.69, 9.17) is 9.47 Å². The van der Waals surface area contributed by atoms with E-state index < -0.39 is 51.0 Å². The molecule has 0 aliphatic heterocycles. The lowest BCUT2D eigenvalue weighted by Gasteiger charge is -2.61. The van der Waals surface area contributed by atoms with Gasteiger partial charge in [-0.25, -0.2) is 13.1 Å². The van der Waals surface area contributed by atoms with Crippen LogP contribution in [0.2, 0.25) is 0 Å². The first-order valence-corrected chi connectivity index (χ1v) is 20.1. The van der Waals surface area contributed by atoms with Crippen LogP contribution < -0.4 is 4.72 Å². The maximum Gasteiger partial charge on any atom is 0.316 e. The third-order valence-electron chi connectivity index (χ3n) is 12.8. The summed E-state index contributed by atoms with van der Waals surface area (Å²) in [6.45, 7) is 14.4. The number of thioether (sulfide) groups is 1. The fourth-order valence-corrected chi connectivity index (χ4v) is 12.2. The summed E-state index contributed by atoms with van der Waals surface area (Å²) in [5, 5.41) is 11.5. The fraction of sp³-hybridized carbons (Fsp3) is 0.703. The zero-order valence-electron chi connectivity index (χ0n) is 29.0. The molecule has 11 atom stereocenters. The molecule has 0 saturated heterocycles. The van der Waals surface area contributed by atoms with Gasteiger partial charge >= 0.3 is 11.9 Å². The number of benzene rings is 1. The SMILES string of the molecule is C=C[C@]1(C)C[C@@H](OC(=O)CS[C@@H]2CC[C@H](C(=O)OCC)C[C@H]2NS(=O)(=O)c2ccccc2)[C@]2(C)[C@H](C)CC[C@]3(CCC(=O)[C@H]32)[C@@H](C)[C@@H]1O. The lowest BCUT2D eigenvalue weighted by atomic mass is 9.44. The Morgan fingerprint density at radius 1 is 1.12 bits per heavy atom. The second kappa shape index (κ2) is 14.2. The molecular formula is C37H53NO8S2. The second-order valence-electron chi connectivity index (χ2n) is 15.2. The molecule has 1 aromatic carbocycles. The van der Waals surface area contributed by atoms with Crippen LogP contribution in [0.3, 0.4) is 0 Å². The highest BCUT2D eigenvalue weighted by atomic mass is 32.2. The van der Waals surface area contributed by atoms with Crippen LogP contribution in [-0.4, -0.2) is 67.1 Å². The summed E-state index contributed by atoms with van der Waals surface area (Å²) < 4.78 is 41.2. The molecule has 266 valence electrons. The fourth-order valence-electron chi connectivity index (χ4n) is 9.68. The Kier molecular flexibility index (Phi) is 11.0. The molecular weight excluding hydrogens is 651 g/mol. The largest absolute Gasteiger partial charge is 0.466 e. The predicted octanol–water partition coefficient (Wildman–Crippen LogP) is 5.71. The highest BCUT2D eigenvalue weighted by Crippen LogP contribution is 2.68. The van der Waals surface area contributed by atoms with E-state index in [2.05, 4.69) is 32.1 Å². The van der Waals surface area contributed by atoms with Crippen molar-refractivity contribution in [2.75, 3.05) is 12.4 Å². The third kappa shape index (κ3) is 6.65. The Morgan fingerprint density at radius 2 is 1.83 bits per heavy atom. The van der Waals surface area contributed by atoms with Gasteiger partial charge in [-0.15, -0.1) is 18.3 Å². The van der Waals surface area contributed by atoms with Gasteiger partial charge in [-0.1, -0.05) is 52.0 Å². The summed E-state index contributed by atoms with van der Waals surface area (Å²) >= 11 is 1.33. The van der Waals surface area contributed by atoms with E-state index in [1.165, 1.54) is 23.9 Å². The molecule has 0 aromatic heterocycles. The Bertz CT molecular complexity index is 1480. The average molecular weight is 704 g/mol. The highest BCUT2D eigenvalue weighted by molar-refractivity contribution is 8.00. The van der Waals surface area contributed by atoms with Crippen LogP contribution in [0, 0.1) is 39.9 Å². The molecule has 11 heteroatoms. The van der Waals surface area contributed by atoms with Crippen molar-refractivity contribution < 1.29 is 37.4 Å². The number of sulfonamides is 1. The van der Waals surface area contributed by atoms with Crippen molar-refractivity contribution in [1.29, 1.82) is 0 Å². The average Bonchev–Trinajstić information content (AvgIpc) is 3.42. The van der Waals surface area contributed by atoms with Crippen molar-refractivity contribution in [2.45, 2.75) is 114 Å². The number of rotatable bonds is 10. The molecule has 0 unspecified atom stereocenters. The Balaban J connectivity index is 1.37. The first-order valence-electron chi connectivity index (χ1n) is 17.5. The Morgan fingerprint density at radius 3 is 2.50 bits per heavy atom. The Labute approximate surface area is 290 Å². The number of aliphatic hydroxyl groups is 1. The van der Waals surface area contributed by atoms with Crippen molar-refractivity contribution >= 4 is 39.5 Å². The lowest BCUT2D eigenvalue weighted by Crippen LogP contribution is -2.63. The quantitative estimate of drug-likeness (QED) is 0.232. The maximum atomic E-state index is 13.8. The van der Waals surface area contributed by atoms with Gasteiger partial charge in [0.2, 0.25) is 10.0 Å². The van der Waals surface area contributed by atoms with Gasteiger partial charge in [0.1, 0.15) is 11.9 Å². The van der Waals surface area contributed by atoms with Crippen LogP contribution in [0.5, 0.6) is 0 Å². The number of hydrogen-bond acceptors (Lipinski definition) is 9. The van der Waals surface area contributed by atoms with E-state index in [0.717, 1.165) is 19.3 Å². The number of Topliss-reactive ketones (excluding diaryl/α,β-unsaturated/α-hetero) is 1. The first kappa shape index (κ1) is 37.1. The van der Waals surface area contributed by atoms with Gasteiger partial charge in [0.25, 0.3) is 0 Å². The molecule has 5 rings (SSSR count). The number of ketones is 1. The monoisotopic (exact) mass is 703 g/mol. The molecule has 2 N–H and O–H groups in total. The van der Waals surface area contributed by atoms with E-state index >= 15 is 0 Å². The molecule has 4 fully saturated rings. The predicted molar refractivity (Wildman–Crippen MR) is 185 cm³/mol. The van der Waals surface area contributed by atoms with E-state index in [1.54, 1.807) is 31.2 Å². The molecule has 0 spiro atoms. The summed E-state index contributed by atoms with van der Waals surface area (Å²) in [5.41, 5.74) is -1.70.